The zero-order valence-electron chi connectivity index (χ0n) is 16.0. The number of aromatic nitrogens is 4. The Morgan fingerprint density at radius 1 is 1.29 bits per heavy atom. The molecule has 3 aromatic rings. The van der Waals surface area contributed by atoms with Crippen LogP contribution in [-0.4, -0.2) is 33.0 Å². The van der Waals surface area contributed by atoms with Gasteiger partial charge in [-0.2, -0.15) is 13.2 Å². The number of alkyl halides is 3. The number of ether oxygens (including phenoxy) is 1. The lowest BCUT2D eigenvalue weighted by atomic mass is 9.97. The minimum atomic E-state index is -4.70. The second-order valence-electron chi connectivity index (χ2n) is 6.74. The zero-order chi connectivity index (χ0) is 22.2. The maximum Gasteiger partial charge on any atom is 0.434 e. The second kappa shape index (κ2) is 8.14. The summed E-state index contributed by atoms with van der Waals surface area (Å²) in [4.78, 5) is 27.8. The van der Waals surface area contributed by atoms with Crippen molar-refractivity contribution in [1.29, 1.82) is 0 Å². The topological polar surface area (TPSA) is 103 Å². The molecule has 0 fully saturated rings. The van der Waals surface area contributed by atoms with E-state index >= 15 is 0 Å². The first-order valence-corrected chi connectivity index (χ1v) is 9.53. The van der Waals surface area contributed by atoms with E-state index in [2.05, 4.69) is 25.3 Å². The Kier molecular flexibility index (Phi) is 5.52. The predicted octanol–water partition coefficient (Wildman–Crippen LogP) is 4.01. The number of halogens is 4. The van der Waals surface area contributed by atoms with Crippen LogP contribution in [0.2, 0.25) is 5.02 Å². The molecule has 1 aliphatic rings. The van der Waals surface area contributed by atoms with Crippen molar-refractivity contribution in [3.8, 4) is 17.3 Å². The van der Waals surface area contributed by atoms with Gasteiger partial charge in [0.15, 0.2) is 5.69 Å². The third-order valence-electron chi connectivity index (χ3n) is 4.68. The molecule has 8 nitrogen and oxygen atoms in total. The van der Waals surface area contributed by atoms with Crippen LogP contribution >= 0.6 is 11.6 Å². The molecular formula is C19H15ClF3N5O3. The second-order valence-corrected chi connectivity index (χ2v) is 7.15. The summed E-state index contributed by atoms with van der Waals surface area (Å²) in [5.41, 5.74) is -0.582. The van der Waals surface area contributed by atoms with Crippen molar-refractivity contribution in [2.24, 2.45) is 0 Å². The molecule has 0 radical (unpaired) electrons. The number of nitrogens with zero attached hydrogens (tertiary/aromatic N) is 4. The third kappa shape index (κ3) is 4.31. The van der Waals surface area contributed by atoms with E-state index in [-0.39, 0.29) is 5.89 Å². The lowest BCUT2D eigenvalue weighted by molar-refractivity contribution is -0.141. The SMILES string of the molecule is COc1cc(-c2nc3c(o2)[C@@H](NC(=O)c2cncc(C(F)(F)F)n2)CCC3)c(Cl)cn1. The van der Waals surface area contributed by atoms with Crippen LogP contribution in [0.1, 0.15) is 46.5 Å². The van der Waals surface area contributed by atoms with Gasteiger partial charge >= 0.3 is 6.18 Å². The van der Waals surface area contributed by atoms with Crippen LogP contribution in [0.15, 0.2) is 29.1 Å². The third-order valence-corrected chi connectivity index (χ3v) is 4.98. The van der Waals surface area contributed by atoms with Gasteiger partial charge in [0.25, 0.3) is 5.91 Å². The average Bonchev–Trinajstić information content (AvgIpc) is 3.19. The fourth-order valence-electron chi connectivity index (χ4n) is 3.21. The maximum absolute atomic E-state index is 12.9. The van der Waals surface area contributed by atoms with Crippen LogP contribution in [0, 0.1) is 0 Å². The van der Waals surface area contributed by atoms with Crippen LogP contribution < -0.4 is 10.1 Å². The van der Waals surface area contributed by atoms with Crippen LogP contribution in [0.3, 0.4) is 0 Å². The molecule has 1 aliphatic carbocycles. The first-order valence-electron chi connectivity index (χ1n) is 9.16. The van der Waals surface area contributed by atoms with E-state index in [1.165, 1.54) is 13.3 Å². The number of amides is 1. The van der Waals surface area contributed by atoms with Crippen molar-refractivity contribution >= 4 is 17.5 Å². The summed E-state index contributed by atoms with van der Waals surface area (Å²) in [6.07, 6.45) is 0.0811. The van der Waals surface area contributed by atoms with Gasteiger partial charge in [-0.1, -0.05) is 11.6 Å². The Hall–Kier alpha value is -3.21. The molecule has 162 valence electrons. The number of nitrogens with one attached hydrogen (secondary N) is 1. The Labute approximate surface area is 178 Å². The molecular weight excluding hydrogens is 439 g/mol. The maximum atomic E-state index is 12.9. The van der Waals surface area contributed by atoms with Crippen molar-refractivity contribution < 1.29 is 27.1 Å². The molecule has 31 heavy (non-hydrogen) atoms. The molecule has 0 saturated carbocycles. The molecule has 1 amide bonds. The van der Waals surface area contributed by atoms with Gasteiger partial charge in [-0.25, -0.2) is 15.0 Å². The molecule has 0 saturated heterocycles. The van der Waals surface area contributed by atoms with Gasteiger partial charge in [-0.3, -0.25) is 9.78 Å². The van der Waals surface area contributed by atoms with Crippen LogP contribution in [0.4, 0.5) is 13.2 Å². The van der Waals surface area contributed by atoms with E-state index in [0.717, 1.165) is 6.20 Å². The zero-order valence-corrected chi connectivity index (χ0v) is 16.8. The van der Waals surface area contributed by atoms with Crippen LogP contribution in [0.25, 0.3) is 11.5 Å². The van der Waals surface area contributed by atoms with E-state index in [4.69, 9.17) is 20.8 Å². The molecule has 1 N–H and O–H groups in total. The monoisotopic (exact) mass is 453 g/mol. The van der Waals surface area contributed by atoms with Crippen molar-refractivity contribution in [2.75, 3.05) is 7.11 Å². The van der Waals surface area contributed by atoms with E-state index < -0.39 is 29.5 Å². The molecule has 3 heterocycles. The molecule has 0 bridgehead atoms. The number of methoxy groups -OCH3 is 1. The molecule has 3 aromatic heterocycles. The lowest BCUT2D eigenvalue weighted by Gasteiger charge is -2.21. The predicted molar refractivity (Wildman–Crippen MR) is 101 cm³/mol. The lowest BCUT2D eigenvalue weighted by Crippen LogP contribution is -2.31. The number of hydrogen-bond acceptors (Lipinski definition) is 7. The fraction of sp³-hybridized carbons (Fsp3) is 0.316. The first-order chi connectivity index (χ1) is 14.8. The van der Waals surface area contributed by atoms with Gasteiger partial charge in [0, 0.05) is 6.07 Å². The summed E-state index contributed by atoms with van der Waals surface area (Å²) in [7, 11) is 1.46. The molecule has 0 aliphatic heterocycles. The number of oxazole rings is 1. The van der Waals surface area contributed by atoms with Crippen LogP contribution in [0.5, 0.6) is 5.88 Å². The van der Waals surface area contributed by atoms with Gasteiger partial charge in [0.05, 0.1) is 48.0 Å². The Morgan fingerprint density at radius 2 is 2.10 bits per heavy atom. The van der Waals surface area contributed by atoms with Gasteiger partial charge in [0.1, 0.15) is 11.5 Å². The molecule has 0 unspecified atom stereocenters. The molecule has 4 rings (SSSR count). The number of fused-ring (bicyclic) bond motifs is 1. The number of rotatable bonds is 4. The quantitative estimate of drug-likeness (QED) is 0.636. The highest BCUT2D eigenvalue weighted by atomic mass is 35.5. The highest BCUT2D eigenvalue weighted by Crippen LogP contribution is 2.36. The minimum Gasteiger partial charge on any atom is -0.481 e. The van der Waals surface area contributed by atoms with E-state index in [1.54, 1.807) is 6.07 Å². The molecule has 12 heteroatoms. The molecule has 1 atom stereocenters. The van der Waals surface area contributed by atoms with Gasteiger partial charge < -0.3 is 14.5 Å². The summed E-state index contributed by atoms with van der Waals surface area (Å²) < 4.78 is 49.6. The number of carbonyl (C=O) groups excluding carboxylic acids is 1. The number of hydrogen-bond donors (Lipinski definition) is 1. The van der Waals surface area contributed by atoms with Crippen molar-refractivity contribution in [1.82, 2.24) is 25.3 Å². The van der Waals surface area contributed by atoms with Gasteiger partial charge in [0.2, 0.25) is 11.8 Å². The van der Waals surface area contributed by atoms with Crippen molar-refractivity contribution in [2.45, 2.75) is 31.5 Å². The van der Waals surface area contributed by atoms with Crippen molar-refractivity contribution in [3.63, 3.8) is 0 Å². The summed E-state index contributed by atoms with van der Waals surface area (Å²) in [5.74, 6) is 0.179. The number of carbonyl (C=O) groups is 1. The normalized spacial score (nSPS) is 16.0. The number of aryl methyl sites for hydroxylation is 1. The highest BCUT2D eigenvalue weighted by molar-refractivity contribution is 6.33. The highest BCUT2D eigenvalue weighted by Gasteiger charge is 2.34. The summed E-state index contributed by atoms with van der Waals surface area (Å²) >= 11 is 6.21. The fourth-order valence-corrected chi connectivity index (χ4v) is 3.40. The van der Waals surface area contributed by atoms with Crippen molar-refractivity contribution in [3.05, 3.63) is 52.5 Å². The van der Waals surface area contributed by atoms with E-state index in [0.29, 0.717) is 53.4 Å². The summed E-state index contributed by atoms with van der Waals surface area (Å²) in [6, 6.07) is 0.988. The van der Waals surface area contributed by atoms with E-state index in [9.17, 15) is 18.0 Å². The van der Waals surface area contributed by atoms with Gasteiger partial charge in [-0.15, -0.1) is 0 Å². The summed E-state index contributed by atoms with van der Waals surface area (Å²) in [5, 5.41) is 2.96. The Bertz CT molecular complexity index is 1140. The molecule has 0 spiro atoms. The standard InChI is InChI=1S/C19H15ClF3N5O3/c1-30-15-5-9(10(20)6-25-15)18-28-12-4-2-3-11(16(12)31-18)27-17(29)13-7-24-8-14(26-13)19(21,22)23/h5-8,11H,2-4H2,1H3,(H,27,29)/t11-/m0/s1. The molecule has 0 aromatic carbocycles. The summed E-state index contributed by atoms with van der Waals surface area (Å²) in [6.45, 7) is 0. The number of pyridine rings is 1. The Morgan fingerprint density at radius 3 is 2.84 bits per heavy atom. The van der Waals surface area contributed by atoms with Gasteiger partial charge in [-0.05, 0) is 19.3 Å². The van der Waals surface area contributed by atoms with E-state index in [1.807, 2.05) is 0 Å². The first kappa shape index (κ1) is 21.0. The Balaban J connectivity index is 1.60. The minimum absolute atomic E-state index is 0.232. The average molecular weight is 454 g/mol. The smallest absolute Gasteiger partial charge is 0.434 e. The van der Waals surface area contributed by atoms with Crippen LogP contribution in [-0.2, 0) is 12.6 Å². The largest absolute Gasteiger partial charge is 0.481 e.